The first-order valence-corrected chi connectivity index (χ1v) is 11.7. The monoisotopic (exact) mass is 462 g/mol. The average Bonchev–Trinajstić information content (AvgIpc) is 3.24. The van der Waals surface area contributed by atoms with E-state index in [2.05, 4.69) is 45.4 Å². The highest BCUT2D eigenvalue weighted by Gasteiger charge is 2.11. The topological polar surface area (TPSA) is 68.9 Å². The van der Waals surface area contributed by atoms with Gasteiger partial charge in [-0.2, -0.15) is 5.10 Å². The molecule has 0 aliphatic rings. The van der Waals surface area contributed by atoms with Crippen molar-refractivity contribution in [2.75, 3.05) is 6.54 Å². The predicted octanol–water partition coefficient (Wildman–Crippen LogP) is 4.27. The number of amides is 1. The van der Waals surface area contributed by atoms with Crippen LogP contribution in [0.2, 0.25) is 0 Å². The molecule has 2 heterocycles. The molecule has 0 radical (unpaired) electrons. The van der Waals surface area contributed by atoms with Crippen molar-refractivity contribution in [3.8, 4) is 11.3 Å². The van der Waals surface area contributed by atoms with Crippen molar-refractivity contribution < 1.29 is 4.79 Å². The maximum Gasteiger partial charge on any atom is 0.267 e. The summed E-state index contributed by atoms with van der Waals surface area (Å²) in [6.07, 6.45) is 2.86. The van der Waals surface area contributed by atoms with E-state index in [1.54, 1.807) is 6.07 Å². The molecule has 5 rings (SSSR count). The molecule has 2 aromatic heterocycles. The third kappa shape index (κ3) is 5.22. The van der Waals surface area contributed by atoms with Gasteiger partial charge in [0.15, 0.2) is 0 Å². The molecule has 0 saturated heterocycles. The second-order valence-electron chi connectivity index (χ2n) is 8.47. The Hall–Kier alpha value is -4.45. The van der Waals surface area contributed by atoms with E-state index < -0.39 is 0 Å². The number of para-hydroxylation sites is 1. The summed E-state index contributed by atoms with van der Waals surface area (Å²) in [5.74, 6) is -0.238. The molecule has 0 atom stereocenters. The second kappa shape index (κ2) is 10.2. The normalized spacial score (nSPS) is 11.0. The molecule has 0 aliphatic carbocycles. The summed E-state index contributed by atoms with van der Waals surface area (Å²) < 4.78 is 3.46. The van der Waals surface area contributed by atoms with Crippen molar-refractivity contribution in [2.24, 2.45) is 0 Å². The molecule has 0 fully saturated rings. The number of fused-ring (bicyclic) bond motifs is 1. The van der Waals surface area contributed by atoms with Gasteiger partial charge in [0.1, 0.15) is 6.54 Å². The first-order chi connectivity index (χ1) is 17.2. The minimum Gasteiger partial charge on any atom is -0.354 e. The zero-order chi connectivity index (χ0) is 24.0. The quantitative estimate of drug-likeness (QED) is 0.374. The Labute approximate surface area is 203 Å². The Bertz CT molecular complexity index is 1500. The van der Waals surface area contributed by atoms with E-state index in [0.717, 1.165) is 12.1 Å². The van der Waals surface area contributed by atoms with Gasteiger partial charge in [0.05, 0.1) is 5.69 Å². The Morgan fingerprint density at radius 2 is 1.54 bits per heavy atom. The summed E-state index contributed by atoms with van der Waals surface area (Å²) in [6, 6.07) is 31.4. The Kier molecular flexibility index (Phi) is 6.52. The zero-order valence-corrected chi connectivity index (χ0v) is 19.3. The second-order valence-corrected chi connectivity index (χ2v) is 8.47. The number of hydrogen-bond donors (Lipinski definition) is 1. The summed E-state index contributed by atoms with van der Waals surface area (Å²) >= 11 is 0. The van der Waals surface area contributed by atoms with Gasteiger partial charge >= 0.3 is 0 Å². The molecular weight excluding hydrogens is 436 g/mol. The van der Waals surface area contributed by atoms with E-state index in [1.807, 2.05) is 60.7 Å². The highest BCUT2D eigenvalue weighted by molar-refractivity contribution is 5.84. The maximum atomic E-state index is 12.6. The number of nitrogens with zero attached hydrogens (tertiary/aromatic N) is 3. The van der Waals surface area contributed by atoms with Gasteiger partial charge in [0, 0.05) is 41.8 Å². The summed E-state index contributed by atoms with van der Waals surface area (Å²) in [6.45, 7) is 1.15. The Morgan fingerprint density at radius 3 is 2.34 bits per heavy atom. The van der Waals surface area contributed by atoms with Gasteiger partial charge in [-0.3, -0.25) is 9.59 Å². The van der Waals surface area contributed by atoms with Gasteiger partial charge in [-0.15, -0.1) is 0 Å². The highest BCUT2D eigenvalue weighted by atomic mass is 16.2. The van der Waals surface area contributed by atoms with E-state index in [0.29, 0.717) is 18.7 Å². The number of aromatic nitrogens is 3. The van der Waals surface area contributed by atoms with E-state index in [4.69, 9.17) is 0 Å². The fourth-order valence-corrected chi connectivity index (χ4v) is 4.29. The first-order valence-electron chi connectivity index (χ1n) is 11.7. The summed E-state index contributed by atoms with van der Waals surface area (Å²) in [5.41, 5.74) is 4.84. The van der Waals surface area contributed by atoms with Crippen LogP contribution in [-0.2, 0) is 24.3 Å². The van der Waals surface area contributed by atoms with Crippen LogP contribution in [0.3, 0.4) is 0 Å². The van der Waals surface area contributed by atoms with Crippen LogP contribution < -0.4 is 10.9 Å². The third-order valence-electron chi connectivity index (χ3n) is 6.01. The standard InChI is InChI=1S/C29H26N4O2/c34-28(21-33-29(35)16-15-26(31-33)23-11-5-2-6-12-23)30-18-17-24-20-32(19-22-9-3-1-4-10-22)27-14-8-7-13-25(24)27/h1-16,20H,17-19,21H2,(H,30,34). The van der Waals surface area contributed by atoms with Crippen molar-refractivity contribution >= 4 is 16.8 Å². The maximum absolute atomic E-state index is 12.6. The molecule has 6 nitrogen and oxygen atoms in total. The first kappa shape index (κ1) is 22.3. The van der Waals surface area contributed by atoms with E-state index in [9.17, 15) is 9.59 Å². The molecule has 0 unspecified atom stereocenters. The van der Waals surface area contributed by atoms with Crippen LogP contribution in [0.25, 0.3) is 22.2 Å². The van der Waals surface area contributed by atoms with E-state index in [1.165, 1.54) is 32.8 Å². The van der Waals surface area contributed by atoms with Gasteiger partial charge in [-0.25, -0.2) is 4.68 Å². The lowest BCUT2D eigenvalue weighted by Crippen LogP contribution is -2.34. The number of rotatable bonds is 8. The van der Waals surface area contributed by atoms with Gasteiger partial charge in [0.25, 0.3) is 5.56 Å². The number of carbonyl (C=O) groups excluding carboxylic acids is 1. The SMILES string of the molecule is O=C(Cn1nc(-c2ccccc2)ccc1=O)NCCc1cn(Cc2ccccc2)c2ccccc12. The van der Waals surface area contributed by atoms with Crippen LogP contribution in [0.15, 0.2) is 108 Å². The van der Waals surface area contributed by atoms with Crippen molar-refractivity contribution in [3.05, 3.63) is 125 Å². The summed E-state index contributed by atoms with van der Waals surface area (Å²) in [5, 5.41) is 8.50. The van der Waals surface area contributed by atoms with Crippen molar-refractivity contribution in [2.45, 2.75) is 19.5 Å². The number of nitrogens with one attached hydrogen (secondary N) is 1. The summed E-state index contributed by atoms with van der Waals surface area (Å²) in [4.78, 5) is 24.8. The number of hydrogen-bond acceptors (Lipinski definition) is 3. The lowest BCUT2D eigenvalue weighted by molar-refractivity contribution is -0.121. The molecule has 1 amide bonds. The smallest absolute Gasteiger partial charge is 0.267 e. The van der Waals surface area contributed by atoms with Gasteiger partial charge < -0.3 is 9.88 Å². The van der Waals surface area contributed by atoms with Gasteiger partial charge in [-0.1, -0.05) is 78.9 Å². The van der Waals surface area contributed by atoms with Gasteiger partial charge in [-0.05, 0) is 29.7 Å². The Morgan fingerprint density at radius 1 is 0.829 bits per heavy atom. The lowest BCUT2D eigenvalue weighted by Gasteiger charge is -2.08. The molecule has 1 N–H and O–H groups in total. The minimum atomic E-state index is -0.302. The van der Waals surface area contributed by atoms with Crippen molar-refractivity contribution in [3.63, 3.8) is 0 Å². The average molecular weight is 463 g/mol. The molecule has 0 spiro atoms. The Balaban J connectivity index is 1.25. The fourth-order valence-electron chi connectivity index (χ4n) is 4.29. The molecular formula is C29H26N4O2. The fraction of sp³-hybridized carbons (Fsp3) is 0.138. The summed E-state index contributed by atoms with van der Waals surface area (Å²) in [7, 11) is 0. The van der Waals surface area contributed by atoms with E-state index >= 15 is 0 Å². The molecule has 6 heteroatoms. The largest absolute Gasteiger partial charge is 0.354 e. The minimum absolute atomic E-state index is 0.116. The molecule has 0 saturated carbocycles. The van der Waals surface area contributed by atoms with Crippen LogP contribution in [-0.4, -0.2) is 26.8 Å². The van der Waals surface area contributed by atoms with Crippen LogP contribution in [0.1, 0.15) is 11.1 Å². The number of carbonyl (C=O) groups is 1. The van der Waals surface area contributed by atoms with E-state index in [-0.39, 0.29) is 18.0 Å². The molecule has 174 valence electrons. The van der Waals surface area contributed by atoms with Crippen LogP contribution in [0.5, 0.6) is 0 Å². The third-order valence-corrected chi connectivity index (χ3v) is 6.01. The van der Waals surface area contributed by atoms with Crippen molar-refractivity contribution in [1.82, 2.24) is 19.7 Å². The molecule has 35 heavy (non-hydrogen) atoms. The lowest BCUT2D eigenvalue weighted by atomic mass is 10.1. The highest BCUT2D eigenvalue weighted by Crippen LogP contribution is 2.23. The van der Waals surface area contributed by atoms with Crippen LogP contribution in [0.4, 0.5) is 0 Å². The zero-order valence-electron chi connectivity index (χ0n) is 19.3. The van der Waals surface area contributed by atoms with Gasteiger partial charge in [0.2, 0.25) is 5.91 Å². The van der Waals surface area contributed by atoms with Crippen LogP contribution in [0, 0.1) is 0 Å². The molecule has 5 aromatic rings. The van der Waals surface area contributed by atoms with Crippen LogP contribution >= 0.6 is 0 Å². The van der Waals surface area contributed by atoms with Crippen molar-refractivity contribution in [1.29, 1.82) is 0 Å². The molecule has 3 aromatic carbocycles. The molecule has 0 bridgehead atoms. The predicted molar refractivity (Wildman–Crippen MR) is 138 cm³/mol. The number of benzene rings is 3. The molecule has 0 aliphatic heterocycles.